The summed E-state index contributed by atoms with van der Waals surface area (Å²) < 4.78 is 11.0. The molecular weight excluding hydrogens is 288 g/mol. The van der Waals surface area contributed by atoms with Gasteiger partial charge in [0.1, 0.15) is 5.91 Å². The molecule has 0 aromatic carbocycles. The van der Waals surface area contributed by atoms with Crippen molar-refractivity contribution in [3.8, 4) is 0 Å². The van der Waals surface area contributed by atoms with E-state index in [-0.39, 0.29) is 43.4 Å². The minimum atomic E-state index is -0.245. The van der Waals surface area contributed by atoms with Crippen LogP contribution in [0.1, 0.15) is 34.6 Å². The molecule has 0 N–H and O–H groups in total. The van der Waals surface area contributed by atoms with Crippen molar-refractivity contribution in [2.75, 3.05) is 13.2 Å². The van der Waals surface area contributed by atoms with Crippen molar-refractivity contribution in [1.82, 2.24) is 0 Å². The SMILES string of the molecule is Br.CCOC(OCC)[SiH2]CC(C)(C)C.[SiH4]. The number of rotatable bonds is 6. The third-order valence-electron chi connectivity index (χ3n) is 1.84. The Balaban J connectivity index is -0.000000720. The van der Waals surface area contributed by atoms with E-state index in [9.17, 15) is 0 Å². The van der Waals surface area contributed by atoms with Crippen molar-refractivity contribution in [2.24, 2.45) is 5.41 Å². The highest BCUT2D eigenvalue weighted by molar-refractivity contribution is 8.93. The minimum absolute atomic E-state index is 0. The van der Waals surface area contributed by atoms with E-state index in [2.05, 4.69) is 20.8 Å². The molecule has 5 heteroatoms. The zero-order valence-corrected chi connectivity index (χ0v) is 13.3. The van der Waals surface area contributed by atoms with Gasteiger partial charge in [-0.05, 0) is 30.2 Å². The van der Waals surface area contributed by atoms with Gasteiger partial charge in [-0.2, -0.15) is 0 Å². The predicted molar refractivity (Wildman–Crippen MR) is 81.5 cm³/mol. The number of halogens is 1. The number of ether oxygens (including phenoxy) is 2. The summed E-state index contributed by atoms with van der Waals surface area (Å²) in [6.07, 6.45) is 0. The van der Waals surface area contributed by atoms with E-state index in [0.717, 1.165) is 13.2 Å². The van der Waals surface area contributed by atoms with E-state index >= 15 is 0 Å². The molecule has 0 aliphatic carbocycles. The molecule has 0 aromatic heterocycles. The first-order chi connectivity index (χ1) is 5.99. The van der Waals surface area contributed by atoms with Crippen LogP contribution in [-0.4, -0.2) is 39.6 Å². The summed E-state index contributed by atoms with van der Waals surface area (Å²) in [6.45, 7) is 12.4. The summed E-state index contributed by atoms with van der Waals surface area (Å²) >= 11 is 0. The molecule has 0 unspecified atom stereocenters. The van der Waals surface area contributed by atoms with Gasteiger partial charge in [0.15, 0.2) is 0 Å². The van der Waals surface area contributed by atoms with E-state index in [1.165, 1.54) is 6.04 Å². The molecule has 0 spiro atoms. The first kappa shape index (κ1) is 21.2. The molecule has 0 saturated heterocycles. The Morgan fingerprint density at radius 2 is 1.47 bits per heavy atom. The molecule has 0 radical (unpaired) electrons. The molecule has 96 valence electrons. The highest BCUT2D eigenvalue weighted by Gasteiger charge is 2.15. The van der Waals surface area contributed by atoms with E-state index in [1.54, 1.807) is 0 Å². The largest absolute Gasteiger partial charge is 0.357 e. The molecule has 0 heterocycles. The van der Waals surface area contributed by atoms with Gasteiger partial charge in [0.2, 0.25) is 0 Å². The van der Waals surface area contributed by atoms with Crippen molar-refractivity contribution in [2.45, 2.75) is 46.6 Å². The lowest BCUT2D eigenvalue weighted by Crippen LogP contribution is -2.27. The van der Waals surface area contributed by atoms with Crippen molar-refractivity contribution in [3.63, 3.8) is 0 Å². The number of hydrogen-bond acceptors (Lipinski definition) is 2. The average Bonchev–Trinajstić information content (AvgIpc) is 2.00. The van der Waals surface area contributed by atoms with Crippen LogP contribution in [0.2, 0.25) is 6.04 Å². The summed E-state index contributed by atoms with van der Waals surface area (Å²) in [7, 11) is -0.245. The second kappa shape index (κ2) is 11.3. The molecule has 0 saturated carbocycles. The third-order valence-corrected chi connectivity index (χ3v) is 4.57. The van der Waals surface area contributed by atoms with Crippen LogP contribution >= 0.6 is 17.0 Å². The second-order valence-electron chi connectivity index (χ2n) is 4.44. The molecule has 0 amide bonds. The van der Waals surface area contributed by atoms with Crippen molar-refractivity contribution >= 4 is 37.5 Å². The highest BCUT2D eigenvalue weighted by atomic mass is 79.9. The standard InChI is InChI=1S/C10H24O2Si.BrH.H4Si/c1-6-11-9(12-7-2)13-8-10(3,4)5;;/h9H,6-8,13H2,1-5H3;1H;1H4. The Labute approximate surface area is 112 Å². The van der Waals surface area contributed by atoms with Crippen molar-refractivity contribution in [1.29, 1.82) is 0 Å². The molecule has 0 aliphatic rings. The Morgan fingerprint density at radius 3 is 1.73 bits per heavy atom. The van der Waals surface area contributed by atoms with Crippen LogP contribution in [0.15, 0.2) is 0 Å². The molecule has 0 rings (SSSR count). The molecule has 0 fully saturated rings. The fourth-order valence-electron chi connectivity index (χ4n) is 1.14. The molecule has 15 heavy (non-hydrogen) atoms. The fraction of sp³-hybridized carbons (Fsp3) is 1.00. The van der Waals surface area contributed by atoms with Gasteiger partial charge in [0, 0.05) is 13.2 Å². The monoisotopic (exact) mass is 316 g/mol. The van der Waals surface area contributed by atoms with Crippen LogP contribution in [0.25, 0.3) is 0 Å². The maximum atomic E-state index is 5.52. The molecular formula is C10H29BrO2Si2. The second-order valence-corrected chi connectivity index (χ2v) is 6.18. The molecule has 0 aliphatic heterocycles. The van der Waals surface area contributed by atoms with Gasteiger partial charge in [-0.15, -0.1) is 17.0 Å². The fourth-order valence-corrected chi connectivity index (χ4v) is 3.04. The lowest BCUT2D eigenvalue weighted by Gasteiger charge is -2.22. The van der Waals surface area contributed by atoms with Gasteiger partial charge in [0.05, 0.1) is 9.52 Å². The highest BCUT2D eigenvalue weighted by Crippen LogP contribution is 2.19. The smallest absolute Gasteiger partial charge is 0.134 e. The third kappa shape index (κ3) is 14.8. The number of hydrogen-bond donors (Lipinski definition) is 0. The van der Waals surface area contributed by atoms with Gasteiger partial charge in [-0.3, -0.25) is 0 Å². The van der Waals surface area contributed by atoms with E-state index in [0.29, 0.717) is 5.41 Å². The van der Waals surface area contributed by atoms with E-state index in [4.69, 9.17) is 9.47 Å². The van der Waals surface area contributed by atoms with Crippen LogP contribution in [0.5, 0.6) is 0 Å². The average molecular weight is 317 g/mol. The topological polar surface area (TPSA) is 18.5 Å². The molecule has 0 bridgehead atoms. The molecule has 2 nitrogen and oxygen atoms in total. The maximum Gasteiger partial charge on any atom is 0.134 e. The summed E-state index contributed by atoms with van der Waals surface area (Å²) in [6, 6.07) is 1.28. The van der Waals surface area contributed by atoms with E-state index in [1.807, 2.05) is 13.8 Å². The zero-order valence-electron chi connectivity index (χ0n) is 10.1. The Kier molecular flexibility index (Phi) is 16.0. The Hall–Kier alpha value is 0.834. The summed E-state index contributed by atoms with van der Waals surface area (Å²) in [5, 5.41) is 0. The Morgan fingerprint density at radius 1 is 1.07 bits per heavy atom. The van der Waals surface area contributed by atoms with Crippen LogP contribution in [-0.2, 0) is 9.47 Å². The predicted octanol–water partition coefficient (Wildman–Crippen LogP) is 1.10. The van der Waals surface area contributed by atoms with Gasteiger partial charge in [0.25, 0.3) is 0 Å². The summed E-state index contributed by atoms with van der Waals surface area (Å²) in [5.74, 6) is 0.134. The van der Waals surface area contributed by atoms with Crippen molar-refractivity contribution < 1.29 is 9.47 Å². The lowest BCUT2D eigenvalue weighted by molar-refractivity contribution is -0.0831. The minimum Gasteiger partial charge on any atom is -0.357 e. The van der Waals surface area contributed by atoms with Crippen LogP contribution in [0.4, 0.5) is 0 Å². The van der Waals surface area contributed by atoms with Crippen LogP contribution in [0.3, 0.4) is 0 Å². The van der Waals surface area contributed by atoms with Gasteiger partial charge in [-0.25, -0.2) is 0 Å². The quantitative estimate of drug-likeness (QED) is 0.540. The van der Waals surface area contributed by atoms with E-state index < -0.39 is 0 Å². The normalized spacial score (nSPS) is 11.6. The first-order valence-corrected chi connectivity index (χ1v) is 7.04. The van der Waals surface area contributed by atoms with Crippen molar-refractivity contribution in [3.05, 3.63) is 0 Å². The molecule has 0 aromatic rings. The summed E-state index contributed by atoms with van der Waals surface area (Å²) in [4.78, 5) is 0. The van der Waals surface area contributed by atoms with Gasteiger partial charge in [-0.1, -0.05) is 26.8 Å². The van der Waals surface area contributed by atoms with Gasteiger partial charge >= 0.3 is 0 Å². The lowest BCUT2D eigenvalue weighted by atomic mass is 10.0. The first-order valence-electron chi connectivity index (χ1n) is 5.22. The maximum absolute atomic E-state index is 5.52. The molecule has 0 atom stereocenters. The van der Waals surface area contributed by atoms with Crippen LogP contribution < -0.4 is 0 Å². The zero-order chi connectivity index (χ0) is 10.3. The van der Waals surface area contributed by atoms with Crippen LogP contribution in [0, 0.1) is 5.41 Å². The van der Waals surface area contributed by atoms with Gasteiger partial charge < -0.3 is 9.47 Å². The Bertz CT molecular complexity index is 123. The summed E-state index contributed by atoms with van der Waals surface area (Å²) in [5.41, 5.74) is 0.429.